The van der Waals surface area contributed by atoms with Gasteiger partial charge in [-0.15, -0.1) is 0 Å². The number of rotatable bonds is 6. The lowest BCUT2D eigenvalue weighted by molar-refractivity contribution is -0.123. The molecule has 1 aromatic carbocycles. The summed E-state index contributed by atoms with van der Waals surface area (Å²) in [6.07, 6.45) is 6.15. The average Bonchev–Trinajstić information content (AvgIpc) is 3.08. The first-order valence-electron chi connectivity index (χ1n) is 8.86. The van der Waals surface area contributed by atoms with Gasteiger partial charge in [0.2, 0.25) is 11.8 Å². The van der Waals surface area contributed by atoms with E-state index in [2.05, 4.69) is 15.5 Å². The predicted molar refractivity (Wildman–Crippen MR) is 93.3 cm³/mol. The Morgan fingerprint density at radius 3 is 2.56 bits per heavy atom. The van der Waals surface area contributed by atoms with Crippen LogP contribution in [0.2, 0.25) is 0 Å². The van der Waals surface area contributed by atoms with Crippen molar-refractivity contribution in [1.82, 2.24) is 15.5 Å². The Bertz CT molecular complexity index is 703. The van der Waals surface area contributed by atoms with Crippen molar-refractivity contribution in [3.05, 3.63) is 41.5 Å². The van der Waals surface area contributed by atoms with Crippen LogP contribution in [0.5, 0.6) is 5.75 Å². The predicted octanol–water partition coefficient (Wildman–Crippen LogP) is 3.30. The maximum atomic E-state index is 12.6. The van der Waals surface area contributed by atoms with Gasteiger partial charge in [-0.25, -0.2) is 0 Å². The third-order valence-corrected chi connectivity index (χ3v) is 4.84. The summed E-state index contributed by atoms with van der Waals surface area (Å²) in [7, 11) is 1.64. The van der Waals surface area contributed by atoms with E-state index < -0.39 is 5.54 Å². The number of nitrogens with zero attached hydrogens (tertiary/aromatic N) is 2. The molecule has 1 amide bonds. The minimum Gasteiger partial charge on any atom is -0.497 e. The van der Waals surface area contributed by atoms with E-state index in [1.807, 2.05) is 24.3 Å². The fourth-order valence-electron chi connectivity index (χ4n) is 3.43. The molecule has 0 aliphatic heterocycles. The Hall–Kier alpha value is -2.37. The molecule has 1 saturated carbocycles. The van der Waals surface area contributed by atoms with Crippen molar-refractivity contribution < 1.29 is 14.1 Å². The van der Waals surface area contributed by atoms with Crippen LogP contribution in [-0.4, -0.2) is 23.2 Å². The number of methoxy groups -OCH3 is 1. The van der Waals surface area contributed by atoms with E-state index in [9.17, 15) is 4.79 Å². The standard InChI is InChI=1S/C19H25N3O3/c1-14-20-18(22-25-14)19(12-4-3-5-13-19)21-17(23)11-8-15-6-9-16(24-2)10-7-15/h6-7,9-10H,3-5,8,11-13H2,1-2H3,(H,21,23). The number of hydrogen-bond acceptors (Lipinski definition) is 5. The number of nitrogens with one attached hydrogen (secondary N) is 1. The zero-order valence-corrected chi connectivity index (χ0v) is 14.9. The fraction of sp³-hybridized carbons (Fsp3) is 0.526. The largest absolute Gasteiger partial charge is 0.497 e. The number of hydrogen-bond donors (Lipinski definition) is 1. The molecule has 0 atom stereocenters. The van der Waals surface area contributed by atoms with Crippen molar-refractivity contribution in [3.63, 3.8) is 0 Å². The second-order valence-corrected chi connectivity index (χ2v) is 6.68. The van der Waals surface area contributed by atoms with Crippen LogP contribution in [0, 0.1) is 6.92 Å². The molecule has 1 aliphatic rings. The first-order chi connectivity index (χ1) is 12.1. The summed E-state index contributed by atoms with van der Waals surface area (Å²) in [5.41, 5.74) is 0.636. The first kappa shape index (κ1) is 17.5. The quantitative estimate of drug-likeness (QED) is 0.871. The van der Waals surface area contributed by atoms with Gasteiger partial charge in [-0.3, -0.25) is 4.79 Å². The fourth-order valence-corrected chi connectivity index (χ4v) is 3.43. The highest BCUT2D eigenvalue weighted by molar-refractivity contribution is 5.77. The summed E-state index contributed by atoms with van der Waals surface area (Å²) in [6.45, 7) is 1.78. The smallest absolute Gasteiger partial charge is 0.223 e. The van der Waals surface area contributed by atoms with Gasteiger partial charge in [0.15, 0.2) is 5.82 Å². The van der Waals surface area contributed by atoms with Crippen LogP contribution in [0.25, 0.3) is 0 Å². The lowest BCUT2D eigenvalue weighted by atomic mass is 9.81. The van der Waals surface area contributed by atoms with Gasteiger partial charge < -0.3 is 14.6 Å². The van der Waals surface area contributed by atoms with Gasteiger partial charge in [0.05, 0.1) is 7.11 Å². The number of amides is 1. The number of ether oxygens (including phenoxy) is 1. The van der Waals surface area contributed by atoms with Crippen molar-refractivity contribution in [3.8, 4) is 5.75 Å². The number of aromatic nitrogens is 2. The van der Waals surface area contributed by atoms with Crippen molar-refractivity contribution in [2.45, 2.75) is 57.4 Å². The van der Waals surface area contributed by atoms with Gasteiger partial charge in [0.25, 0.3) is 0 Å². The van der Waals surface area contributed by atoms with Crippen molar-refractivity contribution in [1.29, 1.82) is 0 Å². The van der Waals surface area contributed by atoms with E-state index in [0.29, 0.717) is 24.6 Å². The van der Waals surface area contributed by atoms with Crippen LogP contribution in [-0.2, 0) is 16.8 Å². The minimum absolute atomic E-state index is 0.0279. The highest BCUT2D eigenvalue weighted by Gasteiger charge is 2.39. The zero-order chi connectivity index (χ0) is 17.7. The molecule has 134 valence electrons. The van der Waals surface area contributed by atoms with Crippen LogP contribution in [0.15, 0.2) is 28.8 Å². The lowest BCUT2D eigenvalue weighted by Gasteiger charge is -2.35. The summed E-state index contributed by atoms with van der Waals surface area (Å²) >= 11 is 0. The van der Waals surface area contributed by atoms with Gasteiger partial charge in [0.1, 0.15) is 11.3 Å². The maximum Gasteiger partial charge on any atom is 0.223 e. The molecule has 6 nitrogen and oxygen atoms in total. The molecule has 2 aromatic rings. The summed E-state index contributed by atoms with van der Waals surface area (Å²) in [6, 6.07) is 7.81. The second-order valence-electron chi connectivity index (χ2n) is 6.68. The molecule has 0 saturated heterocycles. The van der Waals surface area contributed by atoms with Crippen LogP contribution in [0.1, 0.15) is 55.8 Å². The Balaban J connectivity index is 1.64. The van der Waals surface area contributed by atoms with E-state index in [-0.39, 0.29) is 5.91 Å². The first-order valence-corrected chi connectivity index (χ1v) is 8.86. The van der Waals surface area contributed by atoms with Gasteiger partial charge >= 0.3 is 0 Å². The van der Waals surface area contributed by atoms with Crippen molar-refractivity contribution in [2.75, 3.05) is 7.11 Å². The van der Waals surface area contributed by atoms with Gasteiger partial charge in [-0.1, -0.05) is 36.6 Å². The topological polar surface area (TPSA) is 77.2 Å². The molecule has 6 heteroatoms. The highest BCUT2D eigenvalue weighted by Crippen LogP contribution is 2.35. The number of carbonyl (C=O) groups excluding carboxylic acids is 1. The molecule has 1 aliphatic carbocycles. The Labute approximate surface area is 148 Å². The molecule has 1 heterocycles. The number of benzene rings is 1. The van der Waals surface area contributed by atoms with Crippen LogP contribution in [0.3, 0.4) is 0 Å². The van der Waals surface area contributed by atoms with Crippen LogP contribution in [0.4, 0.5) is 0 Å². The molecule has 0 bridgehead atoms. The molecule has 0 spiro atoms. The highest BCUT2D eigenvalue weighted by atomic mass is 16.5. The molecule has 1 aromatic heterocycles. The van der Waals surface area contributed by atoms with Crippen molar-refractivity contribution in [2.24, 2.45) is 0 Å². The maximum absolute atomic E-state index is 12.6. The SMILES string of the molecule is COc1ccc(CCC(=O)NC2(c3noc(C)n3)CCCCC2)cc1. The number of aryl methyl sites for hydroxylation is 2. The minimum atomic E-state index is -0.479. The van der Waals surface area contributed by atoms with E-state index >= 15 is 0 Å². The van der Waals surface area contributed by atoms with Crippen LogP contribution >= 0.6 is 0 Å². The van der Waals surface area contributed by atoms with E-state index in [1.165, 1.54) is 6.42 Å². The zero-order valence-electron chi connectivity index (χ0n) is 14.9. The Morgan fingerprint density at radius 1 is 1.24 bits per heavy atom. The van der Waals surface area contributed by atoms with Gasteiger partial charge in [-0.05, 0) is 37.0 Å². The normalized spacial score (nSPS) is 16.4. The molecule has 1 N–H and O–H groups in total. The molecular formula is C19H25N3O3. The number of carbonyl (C=O) groups is 1. The molecule has 3 rings (SSSR count). The van der Waals surface area contributed by atoms with Crippen molar-refractivity contribution >= 4 is 5.91 Å². The van der Waals surface area contributed by atoms with Gasteiger partial charge in [-0.2, -0.15) is 4.98 Å². The molecular weight excluding hydrogens is 318 g/mol. The Morgan fingerprint density at radius 2 is 1.96 bits per heavy atom. The van der Waals surface area contributed by atoms with Crippen LogP contribution < -0.4 is 10.1 Å². The summed E-state index contributed by atoms with van der Waals surface area (Å²) in [5, 5.41) is 7.29. The average molecular weight is 343 g/mol. The summed E-state index contributed by atoms with van der Waals surface area (Å²) < 4.78 is 10.3. The lowest BCUT2D eigenvalue weighted by Crippen LogP contribution is -2.48. The summed E-state index contributed by atoms with van der Waals surface area (Å²) in [5.74, 6) is 2.00. The Kier molecular flexibility index (Phi) is 5.36. The van der Waals surface area contributed by atoms with E-state index in [4.69, 9.17) is 9.26 Å². The van der Waals surface area contributed by atoms with E-state index in [1.54, 1.807) is 14.0 Å². The molecule has 0 unspecified atom stereocenters. The molecule has 0 radical (unpaired) electrons. The third kappa shape index (κ3) is 4.18. The van der Waals surface area contributed by atoms with Gasteiger partial charge in [0, 0.05) is 13.3 Å². The van der Waals surface area contributed by atoms with E-state index in [0.717, 1.165) is 37.0 Å². The molecule has 1 fully saturated rings. The third-order valence-electron chi connectivity index (χ3n) is 4.84. The summed E-state index contributed by atoms with van der Waals surface area (Å²) in [4.78, 5) is 17.0. The molecule has 25 heavy (non-hydrogen) atoms. The second kappa shape index (κ2) is 7.68. The monoisotopic (exact) mass is 343 g/mol.